The summed E-state index contributed by atoms with van der Waals surface area (Å²) in [4.78, 5) is 41.0. The van der Waals surface area contributed by atoms with Gasteiger partial charge in [-0.2, -0.15) is 8.78 Å². The topological polar surface area (TPSA) is 136 Å². The lowest BCUT2D eigenvalue weighted by Gasteiger charge is -2.24. The molecule has 0 saturated carbocycles. The fourth-order valence-electron chi connectivity index (χ4n) is 5.28. The molecule has 0 bridgehead atoms. The highest BCUT2D eigenvalue weighted by Gasteiger charge is 2.34. The minimum atomic E-state index is -3.17. The number of aryl methyl sites for hydroxylation is 1. The molecule has 2 aromatic carbocycles. The van der Waals surface area contributed by atoms with Gasteiger partial charge in [-0.15, -0.1) is 0 Å². The van der Waals surface area contributed by atoms with Crippen molar-refractivity contribution < 1.29 is 32.7 Å². The van der Waals surface area contributed by atoms with Crippen molar-refractivity contribution in [2.24, 2.45) is 10.9 Å². The lowest BCUT2D eigenvalue weighted by molar-refractivity contribution is -0.137. The van der Waals surface area contributed by atoms with Crippen molar-refractivity contribution in [2.75, 3.05) is 26.7 Å². The van der Waals surface area contributed by atoms with E-state index in [0.717, 1.165) is 46.8 Å². The normalized spacial score (nSPS) is 20.1. The summed E-state index contributed by atoms with van der Waals surface area (Å²) in [5, 5.41) is 18.0. The molecule has 6 rings (SSSR count). The summed E-state index contributed by atoms with van der Waals surface area (Å²) in [7, 11) is 1.73. The maximum atomic E-state index is 12.4. The number of furan rings is 1. The Morgan fingerprint density at radius 2 is 1.93 bits per heavy atom. The molecule has 0 spiro atoms. The van der Waals surface area contributed by atoms with Crippen LogP contribution in [0.4, 0.5) is 8.78 Å². The van der Waals surface area contributed by atoms with Crippen LogP contribution >= 0.6 is 0 Å². The van der Waals surface area contributed by atoms with E-state index in [9.17, 15) is 23.2 Å². The van der Waals surface area contributed by atoms with Gasteiger partial charge in [0.05, 0.1) is 19.1 Å². The number of hydrogen-bond donors (Lipinski definition) is 4. The average Bonchev–Trinajstić information content (AvgIpc) is 3.72. The number of aldehydes is 1. The second-order valence-corrected chi connectivity index (χ2v) is 10.3. The van der Waals surface area contributed by atoms with E-state index in [2.05, 4.69) is 33.1 Å². The number of likely N-dealkylation sites (N-methyl/N-ethyl adjacent to an activating group) is 1. The van der Waals surface area contributed by atoms with Gasteiger partial charge in [-0.25, -0.2) is 0 Å². The number of likely N-dealkylation sites (tertiary alicyclic amines) is 1. The predicted octanol–water partition coefficient (Wildman–Crippen LogP) is 3.29. The minimum Gasteiger partial charge on any atom is -0.456 e. The van der Waals surface area contributed by atoms with Crippen molar-refractivity contribution in [1.29, 1.82) is 0 Å². The third-order valence-corrected chi connectivity index (χ3v) is 7.24. The van der Waals surface area contributed by atoms with Crippen LogP contribution < -0.4 is 16.0 Å². The number of nitrogens with zero attached hydrogens (tertiary/aromatic N) is 2. The SMILES string of the molecule is CNCC(=O)N1CCCC1C(=O)NCC1=CC2C=NC=CC2N1.Cc1ccc2oc3ccc(C=O)cc3c2c1.OC(F)F. The number of halogens is 2. The molecule has 12 heteroatoms. The predicted molar refractivity (Wildman–Crippen MR) is 160 cm³/mol. The van der Waals surface area contributed by atoms with E-state index in [1.165, 1.54) is 5.56 Å². The molecule has 3 unspecified atom stereocenters. The van der Waals surface area contributed by atoms with E-state index in [-0.39, 0.29) is 36.4 Å². The molecule has 1 fully saturated rings. The number of aliphatic hydroxyl groups is 1. The number of amides is 2. The highest BCUT2D eigenvalue weighted by molar-refractivity contribution is 6.06. The molecular weight excluding hydrogens is 560 g/mol. The number of aliphatic hydroxyl groups excluding tert-OH is 1. The molecule has 0 aliphatic carbocycles. The van der Waals surface area contributed by atoms with E-state index >= 15 is 0 Å². The first-order valence-electron chi connectivity index (χ1n) is 13.9. The van der Waals surface area contributed by atoms with Crippen LogP contribution in [0, 0.1) is 12.8 Å². The highest BCUT2D eigenvalue weighted by atomic mass is 19.3. The number of nitrogens with one attached hydrogen (secondary N) is 3. The number of carbonyl (C=O) groups is 3. The third-order valence-electron chi connectivity index (χ3n) is 7.24. The van der Waals surface area contributed by atoms with E-state index in [1.54, 1.807) is 24.2 Å². The van der Waals surface area contributed by atoms with Gasteiger partial charge in [-0.05, 0) is 63.2 Å². The maximum Gasteiger partial charge on any atom is 0.342 e. The van der Waals surface area contributed by atoms with Gasteiger partial charge in [0.2, 0.25) is 11.8 Å². The van der Waals surface area contributed by atoms with Crippen LogP contribution in [0.15, 0.2) is 69.9 Å². The smallest absolute Gasteiger partial charge is 0.342 e. The maximum absolute atomic E-state index is 12.4. The standard InChI is InChI=1S/C16H23N5O2.C14H10O2.CH2F2O/c1-17-10-15(22)21-6-2-3-14(21)16(23)19-9-12-7-11-8-18-5-4-13(11)20-12;1-9-2-4-13-11(6-9)12-7-10(8-15)3-5-14(12)16-13;2-1(3)4/h4-5,7-8,11,13-14,17,20H,2-3,6,9-10H2,1H3,(H,19,23);2-8H,1H3;1,4H. The molecule has 2 amide bonds. The zero-order chi connectivity index (χ0) is 30.9. The minimum absolute atomic E-state index is 0.0178. The number of fused-ring (bicyclic) bond motifs is 4. The Balaban J connectivity index is 0.000000183. The molecule has 3 aromatic rings. The lowest BCUT2D eigenvalue weighted by atomic mass is 10.0. The monoisotopic (exact) mass is 595 g/mol. The molecule has 3 aliphatic rings. The molecule has 3 aliphatic heterocycles. The number of aliphatic imine (C=N–C) groups is 1. The van der Waals surface area contributed by atoms with Gasteiger partial charge in [0.25, 0.3) is 0 Å². The van der Waals surface area contributed by atoms with Crippen molar-refractivity contribution in [3.05, 3.63) is 71.6 Å². The summed E-state index contributed by atoms with van der Waals surface area (Å²) >= 11 is 0. The Morgan fingerprint density at radius 1 is 1.21 bits per heavy atom. The van der Waals surface area contributed by atoms with Crippen molar-refractivity contribution in [2.45, 2.75) is 38.5 Å². The number of benzene rings is 2. The number of hydrogen-bond acceptors (Lipinski definition) is 8. The summed E-state index contributed by atoms with van der Waals surface area (Å²) in [6.45, 7) is 0.260. The zero-order valence-electron chi connectivity index (χ0n) is 23.9. The van der Waals surface area contributed by atoms with Crippen LogP contribution in [-0.4, -0.2) is 79.7 Å². The average molecular weight is 596 g/mol. The van der Waals surface area contributed by atoms with Crippen molar-refractivity contribution >= 4 is 46.3 Å². The van der Waals surface area contributed by atoms with E-state index in [1.807, 2.05) is 43.5 Å². The Bertz CT molecular complexity index is 1550. The molecule has 43 heavy (non-hydrogen) atoms. The molecule has 4 N–H and O–H groups in total. The summed E-state index contributed by atoms with van der Waals surface area (Å²) in [5.41, 5.74) is 4.55. The molecule has 3 atom stereocenters. The van der Waals surface area contributed by atoms with E-state index in [0.29, 0.717) is 18.7 Å². The Labute approximate surface area is 247 Å². The lowest BCUT2D eigenvalue weighted by Crippen LogP contribution is -2.48. The molecule has 1 saturated heterocycles. The molecule has 1 aromatic heterocycles. The quantitative estimate of drug-likeness (QED) is 0.321. The first-order valence-corrected chi connectivity index (χ1v) is 13.9. The van der Waals surface area contributed by atoms with Gasteiger partial charge in [0, 0.05) is 46.9 Å². The summed E-state index contributed by atoms with van der Waals surface area (Å²) in [5.74, 6) is 0.163. The Hall–Kier alpha value is -4.42. The second kappa shape index (κ2) is 14.7. The summed E-state index contributed by atoms with van der Waals surface area (Å²) in [6.07, 6.45) is 10.3. The summed E-state index contributed by atoms with van der Waals surface area (Å²) < 4.78 is 25.5. The number of rotatable bonds is 6. The van der Waals surface area contributed by atoms with Crippen molar-refractivity contribution in [3.8, 4) is 0 Å². The first-order chi connectivity index (χ1) is 20.7. The molecular formula is C31H35F2N5O5. The van der Waals surface area contributed by atoms with Crippen LogP contribution in [-0.2, 0) is 9.59 Å². The van der Waals surface area contributed by atoms with E-state index in [4.69, 9.17) is 9.52 Å². The second-order valence-electron chi connectivity index (χ2n) is 10.3. The number of alkyl halides is 2. The Kier molecular flexibility index (Phi) is 10.7. The fourth-order valence-corrected chi connectivity index (χ4v) is 5.28. The molecule has 10 nitrogen and oxygen atoms in total. The zero-order valence-corrected chi connectivity index (χ0v) is 23.9. The van der Waals surface area contributed by atoms with Crippen molar-refractivity contribution in [1.82, 2.24) is 20.9 Å². The molecule has 0 radical (unpaired) electrons. The fraction of sp³-hybridized carbons (Fsp3) is 0.355. The van der Waals surface area contributed by atoms with Crippen LogP contribution in [0.3, 0.4) is 0 Å². The van der Waals surface area contributed by atoms with E-state index < -0.39 is 6.61 Å². The Morgan fingerprint density at radius 3 is 2.63 bits per heavy atom. The van der Waals surface area contributed by atoms with Gasteiger partial charge in [0.1, 0.15) is 23.5 Å². The van der Waals surface area contributed by atoms with Crippen molar-refractivity contribution in [3.63, 3.8) is 0 Å². The molecule has 4 heterocycles. The highest BCUT2D eigenvalue weighted by Crippen LogP contribution is 2.29. The first kappa shape index (κ1) is 31.5. The van der Waals surface area contributed by atoms with Crippen LogP contribution in [0.5, 0.6) is 0 Å². The van der Waals surface area contributed by atoms with Gasteiger partial charge in [0.15, 0.2) is 0 Å². The van der Waals surface area contributed by atoms with Crippen LogP contribution in [0.1, 0.15) is 28.8 Å². The van der Waals surface area contributed by atoms with Gasteiger partial charge in [-0.3, -0.25) is 19.4 Å². The summed E-state index contributed by atoms with van der Waals surface area (Å²) in [6, 6.07) is 11.4. The number of carbonyl (C=O) groups excluding carboxylic acids is 3. The van der Waals surface area contributed by atoms with Crippen LogP contribution in [0.2, 0.25) is 0 Å². The van der Waals surface area contributed by atoms with Crippen LogP contribution in [0.25, 0.3) is 21.9 Å². The molecule has 228 valence electrons. The van der Waals surface area contributed by atoms with Gasteiger partial charge < -0.3 is 30.4 Å². The largest absolute Gasteiger partial charge is 0.456 e. The van der Waals surface area contributed by atoms with Gasteiger partial charge >= 0.3 is 6.61 Å². The third kappa shape index (κ3) is 8.11. The van der Waals surface area contributed by atoms with Gasteiger partial charge in [-0.1, -0.05) is 17.7 Å².